The maximum Gasteiger partial charge on any atom is 0.265 e. The summed E-state index contributed by atoms with van der Waals surface area (Å²) in [7, 11) is 0. The minimum Gasteiger partial charge on any atom is -0.457 e. The fraction of sp³-hybridized carbons (Fsp3) is 0.263. The van der Waals surface area contributed by atoms with Crippen molar-refractivity contribution in [3.8, 4) is 11.5 Å². The molecule has 2 amide bonds. The molecule has 4 rings (SSSR count). The number of rotatable bonds is 4. The molecule has 2 heterocycles. The predicted octanol–water partition coefficient (Wildman–Crippen LogP) is 3.91. The first-order valence-electron chi connectivity index (χ1n) is 8.18. The maximum absolute atomic E-state index is 12.8. The second kappa shape index (κ2) is 6.50. The number of benzene rings is 2. The van der Waals surface area contributed by atoms with Crippen molar-refractivity contribution in [3.63, 3.8) is 0 Å². The van der Waals surface area contributed by atoms with Gasteiger partial charge in [0.15, 0.2) is 0 Å². The van der Waals surface area contributed by atoms with E-state index in [4.69, 9.17) is 21.1 Å². The number of halogens is 1. The molecule has 2 aliphatic heterocycles. The molecule has 1 fully saturated rings. The summed E-state index contributed by atoms with van der Waals surface area (Å²) >= 11 is 5.88. The van der Waals surface area contributed by atoms with Crippen molar-refractivity contribution in [2.45, 2.75) is 18.9 Å². The van der Waals surface area contributed by atoms with Crippen molar-refractivity contribution in [1.82, 2.24) is 4.90 Å². The molecule has 6 heteroatoms. The largest absolute Gasteiger partial charge is 0.457 e. The monoisotopic (exact) mass is 357 g/mol. The second-order valence-electron chi connectivity index (χ2n) is 6.09. The Morgan fingerprint density at radius 2 is 1.92 bits per heavy atom. The summed E-state index contributed by atoms with van der Waals surface area (Å²) in [4.78, 5) is 26.7. The molecule has 2 aromatic carbocycles. The highest BCUT2D eigenvalue weighted by atomic mass is 35.5. The molecule has 25 heavy (non-hydrogen) atoms. The van der Waals surface area contributed by atoms with Gasteiger partial charge in [0.05, 0.1) is 23.8 Å². The van der Waals surface area contributed by atoms with Gasteiger partial charge in [-0.15, -0.1) is 0 Å². The molecular formula is C19H16ClNO4. The Kier molecular flexibility index (Phi) is 4.19. The van der Waals surface area contributed by atoms with Crippen molar-refractivity contribution in [3.05, 3.63) is 58.6 Å². The number of ether oxygens (including phenoxy) is 2. The van der Waals surface area contributed by atoms with Gasteiger partial charge in [-0.1, -0.05) is 17.7 Å². The van der Waals surface area contributed by atoms with Gasteiger partial charge in [-0.25, -0.2) is 0 Å². The molecule has 1 atom stereocenters. The minimum atomic E-state index is -0.333. The van der Waals surface area contributed by atoms with Crippen molar-refractivity contribution in [2.24, 2.45) is 0 Å². The van der Waals surface area contributed by atoms with Gasteiger partial charge in [0.2, 0.25) is 0 Å². The first-order valence-corrected chi connectivity index (χ1v) is 8.55. The Morgan fingerprint density at radius 3 is 2.64 bits per heavy atom. The van der Waals surface area contributed by atoms with Crippen molar-refractivity contribution < 1.29 is 19.1 Å². The van der Waals surface area contributed by atoms with E-state index in [-0.39, 0.29) is 24.5 Å². The summed E-state index contributed by atoms with van der Waals surface area (Å²) in [6, 6.07) is 11.9. The van der Waals surface area contributed by atoms with Crippen LogP contribution in [-0.2, 0) is 4.74 Å². The first-order chi connectivity index (χ1) is 12.1. The number of carbonyl (C=O) groups is 2. The summed E-state index contributed by atoms with van der Waals surface area (Å²) < 4.78 is 11.4. The molecule has 0 spiro atoms. The third kappa shape index (κ3) is 3.01. The zero-order valence-electron chi connectivity index (χ0n) is 13.4. The zero-order chi connectivity index (χ0) is 17.4. The van der Waals surface area contributed by atoms with E-state index < -0.39 is 0 Å². The van der Waals surface area contributed by atoms with Crippen LogP contribution >= 0.6 is 11.6 Å². The fourth-order valence-electron chi connectivity index (χ4n) is 3.17. The lowest BCUT2D eigenvalue weighted by Crippen LogP contribution is -2.36. The highest BCUT2D eigenvalue weighted by Gasteiger charge is 2.39. The summed E-state index contributed by atoms with van der Waals surface area (Å²) in [5, 5.41) is 0.597. The Balaban J connectivity index is 1.62. The van der Waals surface area contributed by atoms with Gasteiger partial charge < -0.3 is 9.47 Å². The van der Waals surface area contributed by atoms with Gasteiger partial charge in [0.1, 0.15) is 11.5 Å². The van der Waals surface area contributed by atoms with Gasteiger partial charge in [-0.05, 0) is 49.2 Å². The lowest BCUT2D eigenvalue weighted by Gasteiger charge is -2.18. The molecule has 5 nitrogen and oxygen atoms in total. The Morgan fingerprint density at radius 1 is 1.12 bits per heavy atom. The normalized spacial score (nSPS) is 19.4. The topological polar surface area (TPSA) is 55.8 Å². The number of hydrogen-bond donors (Lipinski definition) is 0. The third-order valence-corrected chi connectivity index (χ3v) is 4.66. The first kappa shape index (κ1) is 16.1. The van der Waals surface area contributed by atoms with E-state index in [1.165, 1.54) is 4.90 Å². The Bertz CT molecular complexity index is 828. The highest BCUT2D eigenvalue weighted by molar-refractivity contribution is 6.30. The second-order valence-corrected chi connectivity index (χ2v) is 6.53. The van der Waals surface area contributed by atoms with Gasteiger partial charge in [0.25, 0.3) is 11.8 Å². The summed E-state index contributed by atoms with van der Waals surface area (Å²) in [6.45, 7) is 0.964. The van der Waals surface area contributed by atoms with Crippen LogP contribution in [0, 0.1) is 0 Å². The summed E-state index contributed by atoms with van der Waals surface area (Å²) in [5.41, 5.74) is 0.676. The Hall–Kier alpha value is -2.37. The summed E-state index contributed by atoms with van der Waals surface area (Å²) in [6.07, 6.45) is 1.74. The van der Waals surface area contributed by atoms with Crippen LogP contribution in [0.5, 0.6) is 11.5 Å². The minimum absolute atomic E-state index is 0.0807. The molecule has 2 aliphatic rings. The number of nitrogens with zero attached hydrogens (tertiary/aromatic N) is 1. The fourth-order valence-corrected chi connectivity index (χ4v) is 3.30. The molecule has 1 saturated heterocycles. The highest BCUT2D eigenvalue weighted by Crippen LogP contribution is 2.34. The summed E-state index contributed by atoms with van der Waals surface area (Å²) in [5.74, 6) is 0.292. The van der Waals surface area contributed by atoms with Gasteiger partial charge >= 0.3 is 0 Å². The average molecular weight is 358 g/mol. The number of amides is 2. The maximum atomic E-state index is 12.8. The van der Waals surface area contributed by atoms with E-state index in [0.29, 0.717) is 34.3 Å². The quantitative estimate of drug-likeness (QED) is 0.778. The number of hydrogen-bond acceptors (Lipinski definition) is 4. The van der Waals surface area contributed by atoms with Crippen LogP contribution in [0.25, 0.3) is 0 Å². The predicted molar refractivity (Wildman–Crippen MR) is 92.3 cm³/mol. The van der Waals surface area contributed by atoms with Gasteiger partial charge in [0, 0.05) is 11.6 Å². The molecule has 0 aromatic heterocycles. The lowest BCUT2D eigenvalue weighted by atomic mass is 10.1. The van der Waals surface area contributed by atoms with Crippen LogP contribution in [-0.4, -0.2) is 36.0 Å². The molecule has 0 N–H and O–H groups in total. The van der Waals surface area contributed by atoms with Crippen LogP contribution in [0.15, 0.2) is 42.5 Å². The van der Waals surface area contributed by atoms with E-state index in [1.54, 1.807) is 42.5 Å². The molecule has 0 saturated carbocycles. The van der Waals surface area contributed by atoms with Crippen LogP contribution in [0.4, 0.5) is 0 Å². The molecule has 1 unspecified atom stereocenters. The number of fused-ring (bicyclic) bond motifs is 1. The van der Waals surface area contributed by atoms with Crippen molar-refractivity contribution in [1.29, 1.82) is 0 Å². The van der Waals surface area contributed by atoms with Crippen LogP contribution < -0.4 is 4.74 Å². The number of carbonyl (C=O) groups excluding carboxylic acids is 2. The van der Waals surface area contributed by atoms with E-state index in [9.17, 15) is 9.59 Å². The van der Waals surface area contributed by atoms with E-state index in [2.05, 4.69) is 0 Å². The lowest BCUT2D eigenvalue weighted by molar-refractivity contribution is 0.0475. The van der Waals surface area contributed by atoms with Gasteiger partial charge in [-0.2, -0.15) is 0 Å². The van der Waals surface area contributed by atoms with E-state index in [1.807, 2.05) is 0 Å². The van der Waals surface area contributed by atoms with Crippen LogP contribution in [0.3, 0.4) is 0 Å². The Labute approximate surface area is 150 Å². The molecule has 0 radical (unpaired) electrons. The van der Waals surface area contributed by atoms with Crippen molar-refractivity contribution >= 4 is 23.4 Å². The average Bonchev–Trinajstić information content (AvgIpc) is 3.21. The van der Waals surface area contributed by atoms with Crippen molar-refractivity contribution in [2.75, 3.05) is 13.2 Å². The molecule has 128 valence electrons. The molecule has 2 aromatic rings. The standard InChI is InChI=1S/C19H16ClNO4/c20-12-6-8-13(9-7-12)25-16-5-1-4-15-17(16)19(23)21(18(15)22)11-14-3-2-10-24-14/h1,4-9,14H,2-3,10-11H2. The smallest absolute Gasteiger partial charge is 0.265 e. The van der Waals surface area contributed by atoms with E-state index >= 15 is 0 Å². The zero-order valence-corrected chi connectivity index (χ0v) is 14.2. The van der Waals surface area contributed by atoms with Gasteiger partial charge in [-0.3, -0.25) is 14.5 Å². The molecular weight excluding hydrogens is 342 g/mol. The SMILES string of the molecule is O=C1c2cccc(Oc3ccc(Cl)cc3)c2C(=O)N1CC1CCCO1. The number of imide groups is 1. The van der Waals surface area contributed by atoms with E-state index in [0.717, 1.165) is 12.8 Å². The van der Waals surface area contributed by atoms with Crippen LogP contribution in [0.1, 0.15) is 33.6 Å². The molecule has 0 aliphatic carbocycles. The van der Waals surface area contributed by atoms with Crippen LogP contribution in [0.2, 0.25) is 5.02 Å². The third-order valence-electron chi connectivity index (χ3n) is 4.41. The molecule has 0 bridgehead atoms.